The Labute approximate surface area is 109 Å². The number of nitrogens with one attached hydrogen (secondary N) is 1. The van der Waals surface area contributed by atoms with Crippen LogP contribution in [-0.2, 0) is 0 Å². The van der Waals surface area contributed by atoms with Crippen LogP contribution < -0.4 is 10.2 Å². The summed E-state index contributed by atoms with van der Waals surface area (Å²) in [4.78, 5) is 2.19. The quantitative estimate of drug-likeness (QED) is 0.868. The summed E-state index contributed by atoms with van der Waals surface area (Å²) in [6.07, 6.45) is 1.07. The Bertz CT molecular complexity index is 403. The first-order valence-corrected chi connectivity index (χ1v) is 6.82. The van der Waals surface area contributed by atoms with Gasteiger partial charge in [0.15, 0.2) is 0 Å². The fourth-order valence-corrected chi connectivity index (χ4v) is 2.48. The van der Waals surface area contributed by atoms with E-state index < -0.39 is 0 Å². The van der Waals surface area contributed by atoms with Crippen molar-refractivity contribution in [3.05, 3.63) is 29.6 Å². The van der Waals surface area contributed by atoms with E-state index in [0.29, 0.717) is 12.0 Å². The molecule has 1 saturated heterocycles. The number of halogens is 1. The van der Waals surface area contributed by atoms with Crippen molar-refractivity contribution in [2.45, 2.75) is 33.2 Å². The first-order valence-electron chi connectivity index (χ1n) is 6.82. The van der Waals surface area contributed by atoms with Crippen molar-refractivity contribution in [3.63, 3.8) is 0 Å². The van der Waals surface area contributed by atoms with Gasteiger partial charge in [-0.1, -0.05) is 19.9 Å². The number of hydrogen-bond acceptors (Lipinski definition) is 2. The molecule has 100 valence electrons. The van der Waals surface area contributed by atoms with Gasteiger partial charge in [0.25, 0.3) is 0 Å². The van der Waals surface area contributed by atoms with Crippen LogP contribution in [0.5, 0.6) is 0 Å². The van der Waals surface area contributed by atoms with Gasteiger partial charge in [0.1, 0.15) is 5.82 Å². The molecule has 0 amide bonds. The normalized spacial score (nSPS) is 21.2. The van der Waals surface area contributed by atoms with Crippen molar-refractivity contribution in [2.24, 2.45) is 5.92 Å². The Balaban J connectivity index is 2.22. The highest BCUT2D eigenvalue weighted by molar-refractivity contribution is 5.50. The first-order chi connectivity index (χ1) is 8.58. The van der Waals surface area contributed by atoms with Crippen LogP contribution in [-0.4, -0.2) is 25.7 Å². The topological polar surface area (TPSA) is 15.3 Å². The molecule has 1 atom stereocenters. The summed E-state index contributed by atoms with van der Waals surface area (Å²) in [6.45, 7) is 9.28. The SMILES string of the molecule is Cc1ccc(F)c(N2CCCNC(C(C)C)C2)c1. The molecule has 1 aromatic carbocycles. The van der Waals surface area contributed by atoms with Gasteiger partial charge >= 0.3 is 0 Å². The van der Waals surface area contributed by atoms with Gasteiger partial charge in [-0.15, -0.1) is 0 Å². The fourth-order valence-electron chi connectivity index (χ4n) is 2.48. The van der Waals surface area contributed by atoms with Gasteiger partial charge in [-0.05, 0) is 43.5 Å². The molecule has 1 heterocycles. The van der Waals surface area contributed by atoms with Crippen LogP contribution in [0.25, 0.3) is 0 Å². The van der Waals surface area contributed by atoms with Gasteiger partial charge in [0.2, 0.25) is 0 Å². The third kappa shape index (κ3) is 3.02. The predicted molar refractivity (Wildman–Crippen MR) is 74.6 cm³/mol. The predicted octanol–water partition coefficient (Wildman–Crippen LogP) is 2.96. The molecule has 18 heavy (non-hydrogen) atoms. The average molecular weight is 250 g/mol. The lowest BCUT2D eigenvalue weighted by Gasteiger charge is -2.29. The number of nitrogens with zero attached hydrogens (tertiary/aromatic N) is 1. The Kier molecular flexibility index (Phi) is 4.23. The zero-order chi connectivity index (χ0) is 13.1. The maximum Gasteiger partial charge on any atom is 0.146 e. The maximum absolute atomic E-state index is 14.0. The van der Waals surface area contributed by atoms with Gasteiger partial charge in [0, 0.05) is 19.1 Å². The molecule has 1 unspecified atom stereocenters. The molecule has 0 aromatic heterocycles. The van der Waals surface area contributed by atoms with Gasteiger partial charge in [0.05, 0.1) is 5.69 Å². The van der Waals surface area contributed by atoms with Crippen LogP contribution in [0.4, 0.5) is 10.1 Å². The van der Waals surface area contributed by atoms with Crippen molar-refractivity contribution in [1.29, 1.82) is 0 Å². The summed E-state index contributed by atoms with van der Waals surface area (Å²) in [5.74, 6) is 0.462. The van der Waals surface area contributed by atoms with E-state index in [4.69, 9.17) is 0 Å². The van der Waals surface area contributed by atoms with Crippen LogP contribution >= 0.6 is 0 Å². The van der Waals surface area contributed by atoms with Crippen molar-refractivity contribution < 1.29 is 4.39 Å². The molecular weight excluding hydrogens is 227 g/mol. The molecule has 0 aliphatic carbocycles. The highest BCUT2D eigenvalue weighted by atomic mass is 19.1. The van der Waals surface area contributed by atoms with E-state index in [0.717, 1.165) is 37.3 Å². The van der Waals surface area contributed by atoms with Crippen LogP contribution in [0.15, 0.2) is 18.2 Å². The Hall–Kier alpha value is -1.09. The van der Waals surface area contributed by atoms with E-state index in [1.165, 1.54) is 0 Å². The second-order valence-corrected chi connectivity index (χ2v) is 5.56. The molecular formula is C15H23FN2. The summed E-state index contributed by atoms with van der Waals surface area (Å²) in [7, 11) is 0. The number of rotatable bonds is 2. The molecule has 0 spiro atoms. The van der Waals surface area contributed by atoms with E-state index in [1.54, 1.807) is 6.07 Å². The largest absolute Gasteiger partial charge is 0.368 e. The monoisotopic (exact) mass is 250 g/mol. The molecule has 1 N–H and O–H groups in total. The number of hydrogen-bond donors (Lipinski definition) is 1. The third-order valence-electron chi connectivity index (χ3n) is 3.68. The lowest BCUT2D eigenvalue weighted by atomic mass is 10.0. The summed E-state index contributed by atoms with van der Waals surface area (Å²) in [5.41, 5.74) is 1.87. The first kappa shape index (κ1) is 13.3. The Morgan fingerprint density at radius 1 is 1.39 bits per heavy atom. The smallest absolute Gasteiger partial charge is 0.146 e. The second kappa shape index (κ2) is 5.70. The van der Waals surface area contributed by atoms with Gasteiger partial charge < -0.3 is 10.2 Å². The summed E-state index contributed by atoms with van der Waals surface area (Å²) in [5, 5.41) is 3.55. The fraction of sp³-hybridized carbons (Fsp3) is 0.600. The molecule has 1 aromatic rings. The van der Waals surface area contributed by atoms with Crippen molar-refractivity contribution in [1.82, 2.24) is 5.32 Å². The van der Waals surface area contributed by atoms with Gasteiger partial charge in [-0.3, -0.25) is 0 Å². The number of anilines is 1. The number of benzene rings is 1. The van der Waals surface area contributed by atoms with Crippen molar-refractivity contribution in [3.8, 4) is 0 Å². The van der Waals surface area contributed by atoms with Crippen LogP contribution in [0, 0.1) is 18.7 Å². The Morgan fingerprint density at radius 2 is 2.17 bits per heavy atom. The maximum atomic E-state index is 14.0. The minimum atomic E-state index is -0.106. The van der Waals surface area contributed by atoms with Crippen molar-refractivity contribution >= 4 is 5.69 Å². The third-order valence-corrected chi connectivity index (χ3v) is 3.68. The highest BCUT2D eigenvalue weighted by Gasteiger charge is 2.22. The molecule has 0 radical (unpaired) electrons. The van der Waals surface area contributed by atoms with Crippen molar-refractivity contribution in [2.75, 3.05) is 24.5 Å². The number of aryl methyl sites for hydroxylation is 1. The van der Waals surface area contributed by atoms with E-state index in [-0.39, 0.29) is 5.82 Å². The minimum Gasteiger partial charge on any atom is -0.368 e. The van der Waals surface area contributed by atoms with E-state index in [2.05, 4.69) is 24.1 Å². The summed E-state index contributed by atoms with van der Waals surface area (Å²) >= 11 is 0. The van der Waals surface area contributed by atoms with E-state index >= 15 is 0 Å². The summed E-state index contributed by atoms with van der Waals surface area (Å²) in [6, 6.07) is 5.80. The zero-order valence-corrected chi connectivity index (χ0v) is 11.5. The molecule has 3 heteroatoms. The zero-order valence-electron chi connectivity index (χ0n) is 11.5. The standard InChI is InChI=1S/C15H23FN2/c1-11(2)14-10-18(8-4-7-17-14)15-9-12(3)5-6-13(15)16/h5-6,9,11,14,17H,4,7-8,10H2,1-3H3. The second-order valence-electron chi connectivity index (χ2n) is 5.56. The highest BCUT2D eigenvalue weighted by Crippen LogP contribution is 2.23. The van der Waals surface area contributed by atoms with Crippen LogP contribution in [0.2, 0.25) is 0 Å². The van der Waals surface area contributed by atoms with Gasteiger partial charge in [-0.2, -0.15) is 0 Å². The molecule has 1 fully saturated rings. The summed E-state index contributed by atoms with van der Waals surface area (Å²) < 4.78 is 14.0. The molecule has 1 aliphatic rings. The minimum absolute atomic E-state index is 0.106. The molecule has 0 bridgehead atoms. The van der Waals surface area contributed by atoms with Crippen LogP contribution in [0.3, 0.4) is 0 Å². The van der Waals surface area contributed by atoms with Gasteiger partial charge in [-0.25, -0.2) is 4.39 Å². The molecule has 1 aliphatic heterocycles. The van der Waals surface area contributed by atoms with Crippen LogP contribution in [0.1, 0.15) is 25.8 Å². The average Bonchev–Trinajstić information content (AvgIpc) is 2.58. The molecule has 2 nitrogen and oxygen atoms in total. The lowest BCUT2D eigenvalue weighted by Crippen LogP contribution is -2.41. The molecule has 0 saturated carbocycles. The van der Waals surface area contributed by atoms with E-state index in [9.17, 15) is 4.39 Å². The lowest BCUT2D eigenvalue weighted by molar-refractivity contribution is 0.419. The molecule has 2 rings (SSSR count). The van der Waals surface area contributed by atoms with E-state index in [1.807, 2.05) is 19.1 Å². The Morgan fingerprint density at radius 3 is 2.89 bits per heavy atom.